The number of piperazine rings is 1. The molecule has 1 atom stereocenters. The summed E-state index contributed by atoms with van der Waals surface area (Å²) >= 11 is 0. The summed E-state index contributed by atoms with van der Waals surface area (Å²) in [5.74, 6) is 0.955. The van der Waals surface area contributed by atoms with Crippen molar-refractivity contribution in [1.29, 1.82) is 0 Å². The molecule has 30 heavy (non-hydrogen) atoms. The van der Waals surface area contributed by atoms with Crippen LogP contribution in [0.5, 0.6) is 0 Å². The Balaban J connectivity index is 1.45. The number of hydrogen-bond donors (Lipinski definition) is 2. The molecule has 0 radical (unpaired) electrons. The average Bonchev–Trinajstić information content (AvgIpc) is 2.77. The molecule has 2 aliphatic rings. The van der Waals surface area contributed by atoms with Gasteiger partial charge in [0, 0.05) is 71.3 Å². The first-order chi connectivity index (χ1) is 14.7. The van der Waals surface area contributed by atoms with Crippen LogP contribution >= 0.6 is 0 Å². The lowest BCUT2D eigenvalue weighted by Gasteiger charge is -2.41. The molecule has 6 heteroatoms. The molecule has 3 rings (SSSR count). The Morgan fingerprint density at radius 2 is 1.87 bits per heavy atom. The van der Waals surface area contributed by atoms with Crippen LogP contribution in [-0.4, -0.2) is 76.4 Å². The lowest BCUT2D eigenvalue weighted by Crippen LogP contribution is -2.53. The summed E-state index contributed by atoms with van der Waals surface area (Å²) in [4.78, 5) is 10.0. The molecule has 168 valence electrons. The molecule has 1 aliphatic heterocycles. The van der Waals surface area contributed by atoms with E-state index >= 15 is 0 Å². The van der Waals surface area contributed by atoms with Crippen molar-refractivity contribution in [3.8, 4) is 0 Å². The van der Waals surface area contributed by atoms with Crippen LogP contribution < -0.4 is 15.5 Å². The second kappa shape index (κ2) is 11.6. The zero-order valence-electron chi connectivity index (χ0n) is 19.2. The maximum Gasteiger partial charge on any atom is 0.191 e. The van der Waals surface area contributed by atoms with Gasteiger partial charge in [-0.25, -0.2) is 0 Å². The fraction of sp³-hybridized carbons (Fsp3) is 0.708. The number of anilines is 1. The van der Waals surface area contributed by atoms with Crippen molar-refractivity contribution in [2.24, 2.45) is 10.4 Å². The molecule has 1 unspecified atom stereocenters. The number of hydrogen-bond acceptors (Lipinski definition) is 4. The van der Waals surface area contributed by atoms with Crippen molar-refractivity contribution in [1.82, 2.24) is 15.5 Å². The van der Waals surface area contributed by atoms with E-state index in [1.807, 2.05) is 0 Å². The largest absolute Gasteiger partial charge is 0.385 e. The van der Waals surface area contributed by atoms with Crippen molar-refractivity contribution in [2.45, 2.75) is 45.6 Å². The number of guanidine groups is 1. The molecule has 1 heterocycles. The van der Waals surface area contributed by atoms with E-state index in [0.717, 1.165) is 64.8 Å². The summed E-state index contributed by atoms with van der Waals surface area (Å²) in [7, 11) is 1.79. The highest BCUT2D eigenvalue weighted by Gasteiger charge is 2.36. The topological polar surface area (TPSA) is 52.1 Å². The molecular formula is C24H41N5O. The zero-order chi connectivity index (χ0) is 21.2. The summed E-state index contributed by atoms with van der Waals surface area (Å²) < 4.78 is 5.32. The van der Waals surface area contributed by atoms with Crippen LogP contribution in [0.3, 0.4) is 0 Å². The third kappa shape index (κ3) is 6.35. The Labute approximate surface area is 183 Å². The van der Waals surface area contributed by atoms with E-state index in [1.54, 1.807) is 7.11 Å². The third-order valence-corrected chi connectivity index (χ3v) is 6.79. The number of aliphatic imine (C=N–C) groups is 1. The van der Waals surface area contributed by atoms with Crippen LogP contribution in [0, 0.1) is 5.41 Å². The highest BCUT2D eigenvalue weighted by atomic mass is 16.5. The molecule has 2 fully saturated rings. The summed E-state index contributed by atoms with van der Waals surface area (Å²) in [5.41, 5.74) is 1.69. The quantitative estimate of drug-likeness (QED) is 0.455. The summed E-state index contributed by atoms with van der Waals surface area (Å²) in [6, 6.07) is 11.2. The van der Waals surface area contributed by atoms with Crippen LogP contribution in [0.15, 0.2) is 35.3 Å². The smallest absolute Gasteiger partial charge is 0.191 e. The van der Waals surface area contributed by atoms with E-state index in [4.69, 9.17) is 9.73 Å². The Bertz CT molecular complexity index is 638. The van der Waals surface area contributed by atoms with E-state index in [-0.39, 0.29) is 0 Å². The van der Waals surface area contributed by atoms with Crippen molar-refractivity contribution in [3.63, 3.8) is 0 Å². The number of nitrogens with zero attached hydrogens (tertiary/aromatic N) is 3. The maximum atomic E-state index is 5.32. The molecule has 1 aromatic carbocycles. The Morgan fingerprint density at radius 3 is 2.47 bits per heavy atom. The Morgan fingerprint density at radius 1 is 1.13 bits per heavy atom. The molecule has 0 bridgehead atoms. The van der Waals surface area contributed by atoms with Crippen LogP contribution in [0.1, 0.15) is 39.5 Å². The van der Waals surface area contributed by atoms with Crippen LogP contribution in [0.2, 0.25) is 0 Å². The lowest BCUT2D eigenvalue weighted by atomic mass is 9.67. The first-order valence-corrected chi connectivity index (χ1v) is 11.7. The zero-order valence-corrected chi connectivity index (χ0v) is 19.2. The highest BCUT2D eigenvalue weighted by molar-refractivity contribution is 5.79. The van der Waals surface area contributed by atoms with E-state index in [0.29, 0.717) is 11.5 Å². The van der Waals surface area contributed by atoms with Gasteiger partial charge < -0.3 is 20.3 Å². The molecule has 6 nitrogen and oxygen atoms in total. The number of methoxy groups -OCH3 is 1. The van der Waals surface area contributed by atoms with E-state index in [2.05, 4.69) is 64.6 Å². The molecule has 0 aromatic heterocycles. The number of rotatable bonds is 10. The summed E-state index contributed by atoms with van der Waals surface area (Å²) in [6.45, 7) is 12.4. The van der Waals surface area contributed by atoms with Gasteiger partial charge in [-0.05, 0) is 50.7 Å². The van der Waals surface area contributed by atoms with Crippen LogP contribution in [0.4, 0.5) is 5.69 Å². The predicted octanol–water partition coefficient (Wildman–Crippen LogP) is 2.96. The van der Waals surface area contributed by atoms with Gasteiger partial charge in [-0.3, -0.25) is 9.89 Å². The van der Waals surface area contributed by atoms with Gasteiger partial charge in [-0.1, -0.05) is 24.6 Å². The normalized spacial score (nSPS) is 20.5. The SMILES string of the molecule is CCNC(=NCC1(CCOC)CCC1)NCC(C)N1CCN(c2ccccc2)CC1. The Kier molecular flexibility index (Phi) is 8.82. The van der Waals surface area contributed by atoms with Crippen LogP contribution in [-0.2, 0) is 4.74 Å². The predicted molar refractivity (Wildman–Crippen MR) is 126 cm³/mol. The van der Waals surface area contributed by atoms with E-state index in [1.165, 1.54) is 24.9 Å². The van der Waals surface area contributed by atoms with Crippen molar-refractivity contribution < 1.29 is 4.74 Å². The second-order valence-corrected chi connectivity index (χ2v) is 8.88. The Hall–Kier alpha value is -1.79. The molecule has 0 spiro atoms. The van der Waals surface area contributed by atoms with Gasteiger partial charge in [0.1, 0.15) is 0 Å². The number of benzene rings is 1. The third-order valence-electron chi connectivity index (χ3n) is 6.79. The average molecular weight is 416 g/mol. The summed E-state index contributed by atoms with van der Waals surface area (Å²) in [5, 5.41) is 7.02. The second-order valence-electron chi connectivity index (χ2n) is 8.88. The van der Waals surface area contributed by atoms with Crippen molar-refractivity contribution in [2.75, 3.05) is 64.4 Å². The number of ether oxygens (including phenoxy) is 1. The number of nitrogens with one attached hydrogen (secondary N) is 2. The molecule has 2 N–H and O–H groups in total. The maximum absolute atomic E-state index is 5.32. The van der Waals surface area contributed by atoms with Gasteiger partial charge in [0.15, 0.2) is 5.96 Å². The van der Waals surface area contributed by atoms with Gasteiger partial charge in [0.05, 0.1) is 0 Å². The van der Waals surface area contributed by atoms with Gasteiger partial charge in [-0.15, -0.1) is 0 Å². The molecule has 1 aliphatic carbocycles. The first kappa shape index (κ1) is 22.9. The van der Waals surface area contributed by atoms with E-state index < -0.39 is 0 Å². The number of para-hydroxylation sites is 1. The molecule has 1 saturated heterocycles. The molecular weight excluding hydrogens is 374 g/mol. The van der Waals surface area contributed by atoms with Gasteiger partial charge >= 0.3 is 0 Å². The van der Waals surface area contributed by atoms with Crippen molar-refractivity contribution >= 4 is 11.6 Å². The molecule has 1 saturated carbocycles. The molecule has 1 aromatic rings. The fourth-order valence-electron chi connectivity index (χ4n) is 4.50. The van der Waals surface area contributed by atoms with Crippen LogP contribution in [0.25, 0.3) is 0 Å². The van der Waals surface area contributed by atoms with Crippen molar-refractivity contribution in [3.05, 3.63) is 30.3 Å². The fourth-order valence-corrected chi connectivity index (χ4v) is 4.50. The van der Waals surface area contributed by atoms with Gasteiger partial charge in [0.25, 0.3) is 0 Å². The minimum atomic E-state index is 0.359. The summed E-state index contributed by atoms with van der Waals surface area (Å²) in [6.07, 6.45) is 5.01. The highest BCUT2D eigenvalue weighted by Crippen LogP contribution is 2.44. The minimum Gasteiger partial charge on any atom is -0.385 e. The van der Waals surface area contributed by atoms with Gasteiger partial charge in [-0.2, -0.15) is 0 Å². The van der Waals surface area contributed by atoms with E-state index in [9.17, 15) is 0 Å². The van der Waals surface area contributed by atoms with Gasteiger partial charge in [0.2, 0.25) is 0 Å². The minimum absolute atomic E-state index is 0.359. The lowest BCUT2D eigenvalue weighted by molar-refractivity contribution is 0.0778. The molecule has 0 amide bonds. The standard InChI is InChI=1S/C24H41N5O/c1-4-25-23(27-20-24(11-8-12-24)13-18-30-3)26-19-21(2)28-14-16-29(17-15-28)22-9-6-5-7-10-22/h5-7,9-10,21H,4,8,11-20H2,1-3H3,(H2,25,26,27). The monoisotopic (exact) mass is 415 g/mol. The first-order valence-electron chi connectivity index (χ1n) is 11.7.